The molecule has 4 unspecified atom stereocenters. The van der Waals surface area contributed by atoms with E-state index in [0.29, 0.717) is 17.6 Å². The van der Waals surface area contributed by atoms with Gasteiger partial charge in [0.15, 0.2) is 0 Å². The van der Waals surface area contributed by atoms with Crippen molar-refractivity contribution in [3.8, 4) is 0 Å². The van der Waals surface area contributed by atoms with Crippen LogP contribution in [0.4, 0.5) is 0 Å². The van der Waals surface area contributed by atoms with Crippen LogP contribution in [0, 0.1) is 17.3 Å². The van der Waals surface area contributed by atoms with Crippen molar-refractivity contribution >= 4 is 126 Å². The standard InChI is InChI=1S/C14H44B16/c1-4(2)7(3,17)9(18)5(11(20,21)22)8(13(25,26)27,14(28,29)30)10(19,6(15)16)12(9,23)24/h4-6H,15-30H2,1-3H3. The van der Waals surface area contributed by atoms with Crippen LogP contribution in [0.25, 0.3) is 0 Å². The molecule has 16 heteroatoms. The van der Waals surface area contributed by atoms with Crippen molar-refractivity contribution in [2.24, 2.45) is 17.3 Å². The summed E-state index contributed by atoms with van der Waals surface area (Å²) in [6.45, 7) is 7.50. The van der Waals surface area contributed by atoms with Crippen LogP contribution in [-0.4, -0.2) is 126 Å². The number of hydrogen-bond donors (Lipinski definition) is 0. The molecule has 0 nitrogen and oxygen atoms in total. The van der Waals surface area contributed by atoms with Crippen LogP contribution in [-0.2, 0) is 0 Å². The van der Waals surface area contributed by atoms with E-state index in [0.717, 1.165) is 0 Å². The van der Waals surface area contributed by atoms with Crippen LogP contribution in [0.5, 0.6) is 0 Å². The summed E-state index contributed by atoms with van der Waals surface area (Å²) in [5.74, 6) is 1.20. The fourth-order valence-corrected chi connectivity index (χ4v) is 10.1. The fourth-order valence-electron chi connectivity index (χ4n) is 10.1. The lowest BCUT2D eigenvalue weighted by Crippen LogP contribution is -2.62. The van der Waals surface area contributed by atoms with Gasteiger partial charge in [-0.2, -0.15) is 0 Å². The molecule has 0 bridgehead atoms. The molecule has 1 saturated carbocycles. The first-order chi connectivity index (χ1) is 12.8. The number of hydrogen-bond acceptors (Lipinski definition) is 0. The first-order valence-corrected chi connectivity index (χ1v) is 12.8. The van der Waals surface area contributed by atoms with E-state index in [1.807, 2.05) is 0 Å². The maximum atomic E-state index is 2.70. The van der Waals surface area contributed by atoms with E-state index in [4.69, 9.17) is 0 Å². The molecule has 0 aromatic carbocycles. The van der Waals surface area contributed by atoms with E-state index in [-0.39, 0.29) is 41.9 Å². The topological polar surface area (TPSA) is 0 Å². The number of rotatable bonds is 6. The summed E-state index contributed by atoms with van der Waals surface area (Å²) in [7, 11) is 41.3. The maximum Gasteiger partial charge on any atom is 0.109 e. The predicted octanol–water partition coefficient (Wildman–Crippen LogP) is -11.0. The van der Waals surface area contributed by atoms with E-state index < -0.39 is 0 Å². The summed E-state index contributed by atoms with van der Waals surface area (Å²) in [4.78, 5) is 0. The van der Waals surface area contributed by atoms with E-state index in [1.54, 1.807) is 0 Å². The van der Waals surface area contributed by atoms with Crippen molar-refractivity contribution in [2.45, 2.75) is 63.0 Å². The minimum absolute atomic E-state index is 0.157. The van der Waals surface area contributed by atoms with Crippen LogP contribution < -0.4 is 0 Å². The third kappa shape index (κ3) is 3.16. The average Bonchev–Trinajstić information content (AvgIpc) is 2.60. The van der Waals surface area contributed by atoms with Gasteiger partial charge < -0.3 is 0 Å². The average molecular weight is 385 g/mol. The summed E-state index contributed by atoms with van der Waals surface area (Å²) in [5, 5.41) is 1.27. The van der Waals surface area contributed by atoms with Crippen molar-refractivity contribution < 1.29 is 0 Å². The molecule has 0 heterocycles. The molecule has 148 valence electrons. The van der Waals surface area contributed by atoms with Gasteiger partial charge in [-0.05, 0) is 5.92 Å². The molecular formula is C14H44B16. The summed E-state index contributed by atoms with van der Waals surface area (Å²) < 4.78 is 0. The lowest BCUT2D eigenvalue weighted by atomic mass is 9.08. The van der Waals surface area contributed by atoms with Crippen molar-refractivity contribution in [2.75, 3.05) is 0 Å². The van der Waals surface area contributed by atoms with Gasteiger partial charge >= 0.3 is 0 Å². The molecule has 0 amide bonds. The summed E-state index contributed by atoms with van der Waals surface area (Å²) >= 11 is 0. The summed E-state index contributed by atoms with van der Waals surface area (Å²) in [6.07, 6.45) is 0. The van der Waals surface area contributed by atoms with Crippen molar-refractivity contribution in [3.05, 3.63) is 0 Å². The monoisotopic (exact) mass is 388 g/mol. The summed E-state index contributed by atoms with van der Waals surface area (Å²) in [5.41, 5.74) is 0.754. The Balaban J connectivity index is 4.55. The molecule has 0 saturated heterocycles. The van der Waals surface area contributed by atoms with Gasteiger partial charge in [-0.1, -0.05) is 59.0 Å². The SMILES string of the molecule is BC(B)C1(B)C(B)(B)C(B)(C(B)(C)C(C)C)C(C(B)(B)B)C1(C(B)(B)B)C(B)(B)B. The van der Waals surface area contributed by atoms with E-state index in [2.05, 4.69) is 146 Å². The molecule has 4 atom stereocenters. The first kappa shape index (κ1) is 29.1. The Labute approximate surface area is 205 Å². The van der Waals surface area contributed by atoms with Gasteiger partial charge in [0.2, 0.25) is 0 Å². The van der Waals surface area contributed by atoms with Crippen LogP contribution in [0.2, 0.25) is 42.2 Å². The molecule has 1 fully saturated rings. The van der Waals surface area contributed by atoms with Gasteiger partial charge in [0.05, 0.1) is 102 Å². The van der Waals surface area contributed by atoms with Crippen molar-refractivity contribution in [3.63, 3.8) is 0 Å². The van der Waals surface area contributed by atoms with Gasteiger partial charge in [0.25, 0.3) is 0 Å². The molecule has 0 aliphatic heterocycles. The highest BCUT2D eigenvalue weighted by molar-refractivity contribution is 6.68. The zero-order valence-electron chi connectivity index (χ0n) is 24.7. The van der Waals surface area contributed by atoms with Crippen LogP contribution >= 0.6 is 0 Å². The molecule has 1 aliphatic rings. The Hall–Kier alpha value is 1.04. The molecule has 0 spiro atoms. The van der Waals surface area contributed by atoms with E-state index >= 15 is 0 Å². The quantitative estimate of drug-likeness (QED) is 0.399. The van der Waals surface area contributed by atoms with Crippen LogP contribution in [0.15, 0.2) is 0 Å². The van der Waals surface area contributed by atoms with Gasteiger partial charge in [-0.3, -0.25) is 0 Å². The Morgan fingerprint density at radius 3 is 1.23 bits per heavy atom. The predicted molar refractivity (Wildman–Crippen MR) is 186 cm³/mol. The largest absolute Gasteiger partial charge is 0.109 e. The maximum absolute atomic E-state index is 2.70. The van der Waals surface area contributed by atoms with Crippen LogP contribution in [0.3, 0.4) is 0 Å². The fraction of sp³-hybridized carbons (Fsp3) is 1.00. The molecule has 0 N–H and O–H groups in total. The normalized spacial score (nSPS) is 34.0. The third-order valence-electron chi connectivity index (χ3n) is 11.6. The Morgan fingerprint density at radius 1 is 0.700 bits per heavy atom. The third-order valence-corrected chi connectivity index (χ3v) is 11.6. The minimum Gasteiger partial charge on any atom is -0.108 e. The van der Waals surface area contributed by atoms with E-state index in [9.17, 15) is 0 Å². The molecular weight excluding hydrogens is 341 g/mol. The van der Waals surface area contributed by atoms with E-state index in [1.165, 1.54) is 0 Å². The smallest absolute Gasteiger partial charge is 0.108 e. The molecule has 1 aliphatic carbocycles. The lowest BCUT2D eigenvalue weighted by Gasteiger charge is -2.71. The van der Waals surface area contributed by atoms with Gasteiger partial charge in [0, 0.05) is 0 Å². The second-order valence-corrected chi connectivity index (χ2v) is 16.2. The molecule has 30 heavy (non-hydrogen) atoms. The van der Waals surface area contributed by atoms with Crippen molar-refractivity contribution in [1.82, 2.24) is 0 Å². The zero-order chi connectivity index (χ0) is 24.7. The highest BCUT2D eigenvalue weighted by Gasteiger charge is 2.81. The second-order valence-electron chi connectivity index (χ2n) is 16.2. The minimum atomic E-state index is 0.157. The summed E-state index contributed by atoms with van der Waals surface area (Å²) in [6, 6.07) is 0. The van der Waals surface area contributed by atoms with Crippen LogP contribution in [0.1, 0.15) is 20.8 Å². The van der Waals surface area contributed by atoms with Gasteiger partial charge in [-0.15, -0.1) is 15.3 Å². The first-order valence-electron chi connectivity index (χ1n) is 12.8. The van der Waals surface area contributed by atoms with Crippen molar-refractivity contribution in [1.29, 1.82) is 0 Å². The Morgan fingerprint density at radius 2 is 1.03 bits per heavy atom. The van der Waals surface area contributed by atoms with Gasteiger partial charge in [0.1, 0.15) is 23.5 Å². The highest BCUT2D eigenvalue weighted by atomic mass is 14.8. The van der Waals surface area contributed by atoms with Gasteiger partial charge in [-0.25, -0.2) is 0 Å². The Kier molecular flexibility index (Phi) is 7.29. The molecule has 0 aromatic heterocycles. The molecule has 1 rings (SSSR count). The Bertz CT molecular complexity index is 638. The molecule has 0 radical (unpaired) electrons. The molecule has 0 aromatic rings. The second kappa shape index (κ2) is 7.52. The highest BCUT2D eigenvalue weighted by Crippen LogP contribution is 2.95. The zero-order valence-corrected chi connectivity index (χ0v) is 24.7. The lowest BCUT2D eigenvalue weighted by molar-refractivity contribution is 0.119.